The fraction of sp³-hybridized carbons (Fsp3) is 0.579. The zero-order chi connectivity index (χ0) is 18.6. The monoisotopic (exact) mass is 363 g/mol. The Balaban J connectivity index is 1.67. The van der Waals surface area contributed by atoms with E-state index in [0.717, 1.165) is 5.56 Å². The molecule has 142 valence electrons. The fourth-order valence-corrected chi connectivity index (χ4v) is 3.62. The van der Waals surface area contributed by atoms with E-state index in [9.17, 15) is 14.7 Å². The lowest BCUT2D eigenvalue weighted by Crippen LogP contribution is -2.59. The first kappa shape index (κ1) is 18.7. The molecule has 0 aromatic heterocycles. The van der Waals surface area contributed by atoms with Gasteiger partial charge in [-0.15, -0.1) is 0 Å². The highest BCUT2D eigenvalue weighted by Crippen LogP contribution is 2.38. The summed E-state index contributed by atoms with van der Waals surface area (Å²) in [5.74, 6) is -0.958. The van der Waals surface area contributed by atoms with Crippen molar-refractivity contribution in [3.63, 3.8) is 0 Å². The van der Waals surface area contributed by atoms with Gasteiger partial charge in [0.2, 0.25) is 0 Å². The smallest absolute Gasteiger partial charge is 0.410 e. The molecule has 1 N–H and O–H groups in total. The maximum atomic E-state index is 12.5. The van der Waals surface area contributed by atoms with Gasteiger partial charge in [-0.05, 0) is 25.3 Å². The van der Waals surface area contributed by atoms with Crippen molar-refractivity contribution in [2.45, 2.75) is 38.6 Å². The number of carboxylic acids is 1. The van der Waals surface area contributed by atoms with E-state index in [0.29, 0.717) is 26.0 Å². The molecule has 0 spiro atoms. The van der Waals surface area contributed by atoms with Crippen molar-refractivity contribution in [1.82, 2.24) is 4.90 Å². The highest BCUT2D eigenvalue weighted by Gasteiger charge is 2.52. The predicted molar refractivity (Wildman–Crippen MR) is 92.7 cm³/mol. The summed E-state index contributed by atoms with van der Waals surface area (Å²) in [6, 6.07) is 9.39. The van der Waals surface area contributed by atoms with Gasteiger partial charge in [0.05, 0.1) is 25.4 Å². The molecule has 7 nitrogen and oxygen atoms in total. The summed E-state index contributed by atoms with van der Waals surface area (Å²) in [4.78, 5) is 26.1. The van der Waals surface area contributed by atoms with Gasteiger partial charge in [0.25, 0.3) is 0 Å². The third-order valence-electron chi connectivity index (χ3n) is 5.05. The van der Waals surface area contributed by atoms with Gasteiger partial charge >= 0.3 is 12.1 Å². The van der Waals surface area contributed by atoms with Crippen molar-refractivity contribution in [3.05, 3.63) is 35.9 Å². The zero-order valence-electron chi connectivity index (χ0n) is 14.9. The Labute approximate surface area is 152 Å². The van der Waals surface area contributed by atoms with Crippen LogP contribution in [-0.2, 0) is 25.6 Å². The minimum atomic E-state index is -1.17. The van der Waals surface area contributed by atoms with Crippen LogP contribution >= 0.6 is 0 Å². The van der Waals surface area contributed by atoms with Crippen molar-refractivity contribution < 1.29 is 28.9 Å². The Morgan fingerprint density at radius 2 is 2.08 bits per heavy atom. The van der Waals surface area contributed by atoms with Crippen LogP contribution in [0.25, 0.3) is 0 Å². The van der Waals surface area contributed by atoms with Crippen LogP contribution in [0.1, 0.15) is 25.3 Å². The van der Waals surface area contributed by atoms with Gasteiger partial charge in [-0.3, -0.25) is 4.79 Å². The molecular formula is C19H25NO6. The van der Waals surface area contributed by atoms with Crippen molar-refractivity contribution in [1.29, 1.82) is 0 Å². The average Bonchev–Trinajstić information content (AvgIpc) is 2.66. The van der Waals surface area contributed by atoms with Crippen molar-refractivity contribution in [3.8, 4) is 0 Å². The lowest BCUT2D eigenvalue weighted by Gasteiger charge is -2.45. The molecule has 2 heterocycles. The molecule has 1 aromatic carbocycles. The van der Waals surface area contributed by atoms with Gasteiger partial charge in [-0.2, -0.15) is 0 Å². The maximum absolute atomic E-state index is 12.5. The molecule has 2 aliphatic rings. The number of benzene rings is 1. The minimum absolute atomic E-state index is 0.0662. The van der Waals surface area contributed by atoms with Gasteiger partial charge < -0.3 is 24.2 Å². The third kappa shape index (κ3) is 3.99. The van der Waals surface area contributed by atoms with Crippen LogP contribution in [0.5, 0.6) is 0 Å². The molecule has 3 unspecified atom stereocenters. The molecule has 0 saturated carbocycles. The number of carboxylic acid groups (broad SMARTS) is 1. The van der Waals surface area contributed by atoms with E-state index in [4.69, 9.17) is 14.2 Å². The Morgan fingerprint density at radius 1 is 1.31 bits per heavy atom. The second kappa shape index (κ2) is 8.05. The van der Waals surface area contributed by atoms with Crippen LogP contribution in [0, 0.1) is 5.41 Å². The number of piperidine rings is 1. The number of rotatable bonds is 4. The van der Waals surface area contributed by atoms with Gasteiger partial charge in [0.15, 0.2) is 0 Å². The van der Waals surface area contributed by atoms with E-state index < -0.39 is 23.6 Å². The third-order valence-corrected chi connectivity index (χ3v) is 5.05. The molecule has 0 aliphatic carbocycles. The first-order valence-corrected chi connectivity index (χ1v) is 8.93. The number of likely N-dealkylation sites (tertiary alicyclic amines) is 1. The summed E-state index contributed by atoms with van der Waals surface area (Å²) in [6.07, 6.45) is -0.199. The zero-order valence-corrected chi connectivity index (χ0v) is 14.9. The molecule has 3 rings (SSSR count). The van der Waals surface area contributed by atoms with E-state index in [2.05, 4.69) is 0 Å². The Morgan fingerprint density at radius 3 is 2.77 bits per heavy atom. The number of carbonyl (C=O) groups is 2. The Kier molecular flexibility index (Phi) is 5.78. The largest absolute Gasteiger partial charge is 0.481 e. The topological polar surface area (TPSA) is 85.3 Å². The van der Waals surface area contributed by atoms with Gasteiger partial charge in [-0.25, -0.2) is 4.79 Å². The normalized spacial score (nSPS) is 29.2. The van der Waals surface area contributed by atoms with Crippen LogP contribution in [0.4, 0.5) is 4.79 Å². The van der Waals surface area contributed by atoms with E-state index >= 15 is 0 Å². The second-order valence-corrected chi connectivity index (χ2v) is 7.00. The highest BCUT2D eigenvalue weighted by molar-refractivity contribution is 5.78. The summed E-state index contributed by atoms with van der Waals surface area (Å²) in [5.41, 5.74) is -0.279. The van der Waals surface area contributed by atoms with Crippen LogP contribution in [0.3, 0.4) is 0 Å². The second-order valence-electron chi connectivity index (χ2n) is 7.00. The summed E-state index contributed by atoms with van der Waals surface area (Å²) in [6.45, 7) is 3.24. The number of aliphatic carboxylic acids is 1. The molecule has 7 heteroatoms. The first-order valence-electron chi connectivity index (χ1n) is 8.93. The summed E-state index contributed by atoms with van der Waals surface area (Å²) >= 11 is 0. The number of amides is 1. The van der Waals surface area contributed by atoms with E-state index in [1.54, 1.807) is 0 Å². The van der Waals surface area contributed by atoms with Crippen molar-refractivity contribution in [2.75, 3.05) is 26.3 Å². The molecule has 2 saturated heterocycles. The number of hydrogen-bond donors (Lipinski definition) is 1. The molecule has 0 radical (unpaired) electrons. The van der Waals surface area contributed by atoms with Crippen LogP contribution in [0.15, 0.2) is 30.3 Å². The van der Waals surface area contributed by atoms with E-state index in [-0.39, 0.29) is 25.9 Å². The molecule has 26 heavy (non-hydrogen) atoms. The summed E-state index contributed by atoms with van der Waals surface area (Å²) < 4.78 is 16.7. The first-order chi connectivity index (χ1) is 12.5. The van der Waals surface area contributed by atoms with Crippen LogP contribution in [0.2, 0.25) is 0 Å². The highest BCUT2D eigenvalue weighted by atomic mass is 16.6. The van der Waals surface area contributed by atoms with Crippen molar-refractivity contribution >= 4 is 12.1 Å². The Bertz CT molecular complexity index is 636. The maximum Gasteiger partial charge on any atom is 0.410 e. The predicted octanol–water partition coefficient (Wildman–Crippen LogP) is 2.29. The van der Waals surface area contributed by atoms with Crippen LogP contribution < -0.4 is 0 Å². The molecule has 2 aliphatic heterocycles. The molecule has 0 bridgehead atoms. The molecule has 1 amide bonds. The molecular weight excluding hydrogens is 338 g/mol. The van der Waals surface area contributed by atoms with Gasteiger partial charge in [0.1, 0.15) is 12.0 Å². The lowest BCUT2D eigenvalue weighted by atomic mass is 9.75. The summed E-state index contributed by atoms with van der Waals surface area (Å²) in [7, 11) is 0. The van der Waals surface area contributed by atoms with E-state index in [1.807, 2.05) is 37.3 Å². The van der Waals surface area contributed by atoms with E-state index in [1.165, 1.54) is 4.90 Å². The molecule has 3 atom stereocenters. The molecule has 1 aromatic rings. The minimum Gasteiger partial charge on any atom is -0.481 e. The average molecular weight is 363 g/mol. The van der Waals surface area contributed by atoms with Crippen LogP contribution in [-0.4, -0.2) is 60.6 Å². The molecule has 2 fully saturated rings. The van der Waals surface area contributed by atoms with Crippen molar-refractivity contribution in [2.24, 2.45) is 5.41 Å². The lowest BCUT2D eigenvalue weighted by molar-refractivity contribution is -0.200. The number of carbonyl (C=O) groups excluding carboxylic acids is 1. The Hall–Kier alpha value is -2.12. The SMILES string of the molecule is CC1COCC(C2(C(=O)O)CCCN(C(=O)OCc3ccccc3)C2)O1. The quantitative estimate of drug-likeness (QED) is 0.883. The number of ether oxygens (including phenoxy) is 3. The summed E-state index contributed by atoms with van der Waals surface area (Å²) in [5, 5.41) is 9.92. The van der Waals surface area contributed by atoms with Gasteiger partial charge in [-0.1, -0.05) is 30.3 Å². The van der Waals surface area contributed by atoms with Gasteiger partial charge in [0, 0.05) is 13.1 Å². The number of nitrogens with zero attached hydrogens (tertiary/aromatic N) is 1. The standard InChI is InChI=1S/C19H25NO6/c1-14-10-24-12-16(26-14)19(17(21)22)8-5-9-20(13-19)18(23)25-11-15-6-3-2-4-7-15/h2-4,6-7,14,16H,5,8-13H2,1H3,(H,21,22). The number of hydrogen-bond acceptors (Lipinski definition) is 5. The fourth-order valence-electron chi connectivity index (χ4n) is 3.62.